The smallest absolute Gasteiger partial charge is 0.353 e. The average molecular weight is 289 g/mol. The number of hydrogen-bond donors (Lipinski definition) is 1. The summed E-state index contributed by atoms with van der Waals surface area (Å²) in [7, 11) is 1.27. The number of ether oxygens (including phenoxy) is 1. The molecule has 0 fully saturated rings. The number of hydrogen-bond acceptors (Lipinski definition) is 4. The Morgan fingerprint density at radius 1 is 1.56 bits per heavy atom. The monoisotopic (exact) mass is 288 g/mol. The van der Waals surface area contributed by atoms with E-state index in [9.17, 15) is 9.18 Å². The van der Waals surface area contributed by atoms with Crippen LogP contribution in [0.2, 0.25) is 0 Å². The first-order chi connectivity index (χ1) is 7.54. The summed E-state index contributed by atoms with van der Waals surface area (Å²) in [6, 6.07) is 4.09. The molecule has 0 aliphatic heterocycles. The van der Waals surface area contributed by atoms with Gasteiger partial charge in [0.15, 0.2) is 0 Å². The molecule has 16 heavy (non-hydrogen) atoms. The van der Waals surface area contributed by atoms with E-state index < -0.39 is 5.97 Å². The summed E-state index contributed by atoms with van der Waals surface area (Å²) in [4.78, 5) is 11.0. The minimum atomic E-state index is -0.522. The van der Waals surface area contributed by atoms with Crippen molar-refractivity contribution in [3.05, 3.63) is 28.5 Å². The Balaban J connectivity index is 2.78. The van der Waals surface area contributed by atoms with E-state index >= 15 is 0 Å². The third-order valence-corrected chi connectivity index (χ3v) is 2.41. The highest BCUT2D eigenvalue weighted by Crippen LogP contribution is 2.22. The van der Waals surface area contributed by atoms with E-state index in [1.165, 1.54) is 32.2 Å². The van der Waals surface area contributed by atoms with Crippen LogP contribution >= 0.6 is 15.9 Å². The molecule has 0 unspecified atom stereocenters. The van der Waals surface area contributed by atoms with Gasteiger partial charge in [0.2, 0.25) is 0 Å². The van der Waals surface area contributed by atoms with E-state index in [0.717, 1.165) is 0 Å². The van der Waals surface area contributed by atoms with Gasteiger partial charge >= 0.3 is 5.97 Å². The van der Waals surface area contributed by atoms with Crippen LogP contribution in [0, 0.1) is 5.82 Å². The Morgan fingerprint density at radius 3 is 2.81 bits per heavy atom. The van der Waals surface area contributed by atoms with Gasteiger partial charge in [-0.3, -0.25) is 5.43 Å². The quantitative estimate of drug-likeness (QED) is 0.528. The number of methoxy groups -OCH3 is 1. The molecular formula is C10H10BrFN2O2. The number of anilines is 1. The Kier molecular flexibility index (Phi) is 4.42. The molecule has 1 aromatic rings. The maximum Gasteiger partial charge on any atom is 0.353 e. The summed E-state index contributed by atoms with van der Waals surface area (Å²) in [5, 5.41) is 3.80. The standard InChI is InChI=1S/C10H10BrFN2O2/c1-6(10(15)16-2)13-14-9-4-3-7(12)5-8(9)11/h3-5,14H,1-2H3/b13-6+. The molecule has 0 bridgehead atoms. The number of halogens is 2. The van der Waals surface area contributed by atoms with Crippen LogP contribution in [0.25, 0.3) is 0 Å². The predicted octanol–water partition coefficient (Wildman–Crippen LogP) is 2.55. The van der Waals surface area contributed by atoms with Crippen LogP contribution in [-0.2, 0) is 9.53 Å². The van der Waals surface area contributed by atoms with E-state index in [2.05, 4.69) is 31.2 Å². The van der Waals surface area contributed by atoms with E-state index in [1.54, 1.807) is 0 Å². The zero-order valence-electron chi connectivity index (χ0n) is 8.75. The molecule has 0 saturated heterocycles. The maximum absolute atomic E-state index is 12.8. The summed E-state index contributed by atoms with van der Waals surface area (Å²) >= 11 is 3.16. The molecule has 6 heteroatoms. The third kappa shape index (κ3) is 3.30. The minimum Gasteiger partial charge on any atom is -0.464 e. The van der Waals surface area contributed by atoms with Crippen LogP contribution in [0.15, 0.2) is 27.8 Å². The van der Waals surface area contributed by atoms with Crippen molar-refractivity contribution in [2.75, 3.05) is 12.5 Å². The number of nitrogens with one attached hydrogen (secondary N) is 1. The van der Waals surface area contributed by atoms with Crippen molar-refractivity contribution in [2.24, 2.45) is 5.10 Å². The number of rotatable bonds is 3. The van der Waals surface area contributed by atoms with E-state index in [4.69, 9.17) is 0 Å². The molecule has 0 saturated carbocycles. The Morgan fingerprint density at radius 2 is 2.25 bits per heavy atom. The molecule has 0 atom stereocenters. The molecule has 1 N–H and O–H groups in total. The van der Waals surface area contributed by atoms with Crippen molar-refractivity contribution in [2.45, 2.75) is 6.92 Å². The Labute approximate surface area is 101 Å². The topological polar surface area (TPSA) is 50.7 Å². The van der Waals surface area contributed by atoms with Gasteiger partial charge in [-0.2, -0.15) is 5.10 Å². The fourth-order valence-corrected chi connectivity index (χ4v) is 1.36. The summed E-state index contributed by atoms with van der Waals surface area (Å²) in [5.74, 6) is -0.878. The number of carbonyl (C=O) groups excluding carboxylic acids is 1. The van der Waals surface area contributed by atoms with E-state index in [0.29, 0.717) is 10.2 Å². The SMILES string of the molecule is COC(=O)/C(C)=N/Nc1ccc(F)cc1Br. The number of hydrazone groups is 1. The maximum atomic E-state index is 12.8. The molecule has 0 spiro atoms. The van der Waals surface area contributed by atoms with Gasteiger partial charge in [0, 0.05) is 4.47 Å². The summed E-state index contributed by atoms with van der Waals surface area (Å²) in [6.45, 7) is 1.51. The average Bonchev–Trinajstić information content (AvgIpc) is 2.26. The van der Waals surface area contributed by atoms with Crippen LogP contribution in [0.4, 0.5) is 10.1 Å². The van der Waals surface area contributed by atoms with Gasteiger partial charge in [0.05, 0.1) is 12.8 Å². The molecule has 0 heterocycles. The van der Waals surface area contributed by atoms with E-state index in [-0.39, 0.29) is 11.5 Å². The Bertz CT molecular complexity index is 435. The lowest BCUT2D eigenvalue weighted by Crippen LogP contribution is -2.13. The molecule has 1 rings (SSSR count). The second kappa shape index (κ2) is 5.60. The molecule has 0 aliphatic carbocycles. The molecule has 4 nitrogen and oxygen atoms in total. The lowest BCUT2D eigenvalue weighted by molar-refractivity contribution is -0.132. The zero-order valence-corrected chi connectivity index (χ0v) is 10.3. The van der Waals surface area contributed by atoms with Gasteiger partial charge in [-0.15, -0.1) is 0 Å². The molecule has 86 valence electrons. The molecule has 0 aliphatic rings. The van der Waals surface area contributed by atoms with Crippen LogP contribution in [0.5, 0.6) is 0 Å². The molecule has 0 amide bonds. The van der Waals surface area contributed by atoms with Crippen molar-refractivity contribution in [1.82, 2.24) is 0 Å². The largest absolute Gasteiger partial charge is 0.464 e. The molecule has 0 aromatic heterocycles. The van der Waals surface area contributed by atoms with Crippen molar-refractivity contribution in [3.63, 3.8) is 0 Å². The predicted molar refractivity (Wildman–Crippen MR) is 62.8 cm³/mol. The minimum absolute atomic E-state index is 0.179. The fraction of sp³-hybridized carbons (Fsp3) is 0.200. The van der Waals surface area contributed by atoms with Gasteiger partial charge in [-0.1, -0.05) is 0 Å². The normalized spacial score (nSPS) is 11.1. The van der Waals surface area contributed by atoms with Crippen molar-refractivity contribution >= 4 is 33.3 Å². The highest BCUT2D eigenvalue weighted by atomic mass is 79.9. The Hall–Kier alpha value is -1.43. The zero-order chi connectivity index (χ0) is 12.1. The lowest BCUT2D eigenvalue weighted by Gasteiger charge is -2.04. The first-order valence-corrected chi connectivity index (χ1v) is 5.17. The number of benzene rings is 1. The van der Waals surface area contributed by atoms with Gasteiger partial charge in [0.1, 0.15) is 11.5 Å². The van der Waals surface area contributed by atoms with Crippen LogP contribution in [0.3, 0.4) is 0 Å². The van der Waals surface area contributed by atoms with Gasteiger partial charge in [-0.05, 0) is 41.1 Å². The summed E-state index contributed by atoms with van der Waals surface area (Å²) < 4.78 is 17.8. The van der Waals surface area contributed by atoms with Crippen molar-refractivity contribution in [3.8, 4) is 0 Å². The van der Waals surface area contributed by atoms with Crippen molar-refractivity contribution in [1.29, 1.82) is 0 Å². The highest BCUT2D eigenvalue weighted by Gasteiger charge is 2.05. The summed E-state index contributed by atoms with van der Waals surface area (Å²) in [5.41, 5.74) is 3.37. The molecular weight excluding hydrogens is 279 g/mol. The number of carbonyl (C=O) groups is 1. The first-order valence-electron chi connectivity index (χ1n) is 4.38. The lowest BCUT2D eigenvalue weighted by atomic mass is 10.3. The van der Waals surface area contributed by atoms with Gasteiger partial charge < -0.3 is 4.74 Å². The van der Waals surface area contributed by atoms with Gasteiger partial charge in [0.25, 0.3) is 0 Å². The molecule has 0 radical (unpaired) electrons. The second-order valence-corrected chi connectivity index (χ2v) is 3.78. The summed E-state index contributed by atoms with van der Waals surface area (Å²) in [6.07, 6.45) is 0. The first kappa shape index (κ1) is 12.6. The number of nitrogens with zero attached hydrogens (tertiary/aromatic N) is 1. The van der Waals surface area contributed by atoms with E-state index in [1.807, 2.05) is 0 Å². The number of esters is 1. The van der Waals surface area contributed by atoms with Gasteiger partial charge in [-0.25, -0.2) is 9.18 Å². The fourth-order valence-electron chi connectivity index (χ4n) is 0.918. The van der Waals surface area contributed by atoms with Crippen LogP contribution in [-0.4, -0.2) is 18.8 Å². The second-order valence-electron chi connectivity index (χ2n) is 2.92. The third-order valence-electron chi connectivity index (χ3n) is 1.76. The molecule has 1 aromatic carbocycles. The van der Waals surface area contributed by atoms with Crippen LogP contribution in [0.1, 0.15) is 6.92 Å². The van der Waals surface area contributed by atoms with Crippen molar-refractivity contribution < 1.29 is 13.9 Å². The van der Waals surface area contributed by atoms with Crippen LogP contribution < -0.4 is 5.43 Å². The highest BCUT2D eigenvalue weighted by molar-refractivity contribution is 9.10.